The minimum Gasteiger partial charge on any atom is -0.483 e. The van der Waals surface area contributed by atoms with Gasteiger partial charge in [0.05, 0.1) is 12.1 Å². The zero-order valence-electron chi connectivity index (χ0n) is 15.8. The summed E-state index contributed by atoms with van der Waals surface area (Å²) in [5, 5.41) is 3.79. The summed E-state index contributed by atoms with van der Waals surface area (Å²) in [5.41, 5.74) is 8.19. The molecule has 140 valence electrons. The molecule has 0 atom stereocenters. The molecule has 0 fully saturated rings. The van der Waals surface area contributed by atoms with Crippen molar-refractivity contribution in [2.45, 2.75) is 47.0 Å². The highest BCUT2D eigenvalue weighted by atomic mass is 16.5. The maximum absolute atomic E-state index is 11.9. The van der Waals surface area contributed by atoms with E-state index in [1.807, 2.05) is 25.1 Å². The van der Waals surface area contributed by atoms with Gasteiger partial charge in [-0.1, -0.05) is 31.1 Å². The van der Waals surface area contributed by atoms with E-state index in [1.54, 1.807) is 13.8 Å². The van der Waals surface area contributed by atoms with Crippen molar-refractivity contribution in [3.05, 3.63) is 46.3 Å². The van der Waals surface area contributed by atoms with Crippen molar-refractivity contribution in [3.63, 3.8) is 0 Å². The number of aromatic nitrogens is 1. The number of hydrogen-bond acceptors (Lipinski definition) is 5. The predicted octanol–water partition coefficient (Wildman–Crippen LogP) is 2.49. The van der Waals surface area contributed by atoms with Crippen LogP contribution in [0.3, 0.4) is 0 Å². The number of carbonyl (C=O) groups excluding carboxylic acids is 2. The Labute approximate surface area is 153 Å². The molecule has 2 N–H and O–H groups in total. The molecule has 7 nitrogen and oxygen atoms in total. The number of nitrogens with zero attached hydrogens (tertiary/aromatic N) is 1. The van der Waals surface area contributed by atoms with Gasteiger partial charge in [-0.05, 0) is 43.9 Å². The van der Waals surface area contributed by atoms with Gasteiger partial charge in [0.15, 0.2) is 6.61 Å². The fourth-order valence-corrected chi connectivity index (χ4v) is 2.52. The van der Waals surface area contributed by atoms with Crippen molar-refractivity contribution in [3.8, 4) is 5.75 Å². The number of hydrogen-bond donors (Lipinski definition) is 2. The number of rotatable bonds is 6. The molecule has 0 unspecified atom stereocenters. The Hall–Kier alpha value is -2.83. The molecular weight excluding hydrogens is 334 g/mol. The molecule has 0 aliphatic rings. The average molecular weight is 359 g/mol. The number of benzene rings is 1. The Morgan fingerprint density at radius 3 is 2.46 bits per heavy atom. The summed E-state index contributed by atoms with van der Waals surface area (Å²) in [6.07, 6.45) is 0.0810. The van der Waals surface area contributed by atoms with E-state index in [1.165, 1.54) is 0 Å². The van der Waals surface area contributed by atoms with Crippen LogP contribution in [0.2, 0.25) is 0 Å². The zero-order valence-corrected chi connectivity index (χ0v) is 15.8. The number of nitrogens with one attached hydrogen (secondary N) is 2. The molecule has 2 rings (SSSR count). The van der Waals surface area contributed by atoms with Crippen LogP contribution in [0.15, 0.2) is 22.7 Å². The first kappa shape index (κ1) is 19.5. The van der Waals surface area contributed by atoms with Crippen LogP contribution in [-0.2, 0) is 16.0 Å². The SMILES string of the molecule is Cc1ccc(C(C)C)c(OCC(=O)NNC(=O)Cc2c(C)noc2C)c1. The molecule has 0 bridgehead atoms. The summed E-state index contributed by atoms with van der Waals surface area (Å²) in [4.78, 5) is 23.9. The van der Waals surface area contributed by atoms with Crippen molar-refractivity contribution in [2.24, 2.45) is 0 Å². The number of carbonyl (C=O) groups is 2. The maximum Gasteiger partial charge on any atom is 0.276 e. The molecule has 0 spiro atoms. The fraction of sp³-hybridized carbons (Fsp3) is 0.421. The van der Waals surface area contributed by atoms with Crippen LogP contribution in [0.25, 0.3) is 0 Å². The quantitative estimate of drug-likeness (QED) is 0.773. The van der Waals surface area contributed by atoms with E-state index in [0.717, 1.165) is 11.1 Å². The van der Waals surface area contributed by atoms with Crippen molar-refractivity contribution in [1.29, 1.82) is 0 Å². The summed E-state index contributed by atoms with van der Waals surface area (Å²) in [6.45, 7) is 9.41. The highest BCUT2D eigenvalue weighted by Gasteiger charge is 2.14. The van der Waals surface area contributed by atoms with Crippen molar-refractivity contribution in [1.82, 2.24) is 16.0 Å². The second kappa shape index (κ2) is 8.51. The summed E-state index contributed by atoms with van der Waals surface area (Å²) in [5.74, 6) is 0.757. The van der Waals surface area contributed by atoms with E-state index in [2.05, 4.69) is 29.9 Å². The Kier molecular flexibility index (Phi) is 6.38. The summed E-state index contributed by atoms with van der Waals surface area (Å²) < 4.78 is 10.6. The van der Waals surface area contributed by atoms with Crippen LogP contribution in [0.1, 0.15) is 47.9 Å². The van der Waals surface area contributed by atoms with Crippen LogP contribution >= 0.6 is 0 Å². The topological polar surface area (TPSA) is 93.5 Å². The van der Waals surface area contributed by atoms with Crippen LogP contribution in [0, 0.1) is 20.8 Å². The second-order valence-electron chi connectivity index (χ2n) is 6.56. The lowest BCUT2D eigenvalue weighted by molar-refractivity contribution is -0.129. The molecule has 1 aromatic carbocycles. The van der Waals surface area contributed by atoms with Gasteiger partial charge in [0.1, 0.15) is 11.5 Å². The van der Waals surface area contributed by atoms with E-state index >= 15 is 0 Å². The molecular formula is C19H25N3O4. The summed E-state index contributed by atoms with van der Waals surface area (Å²) in [6, 6.07) is 5.91. The highest BCUT2D eigenvalue weighted by molar-refractivity contribution is 5.84. The molecule has 2 amide bonds. The average Bonchev–Trinajstić information content (AvgIpc) is 2.89. The molecule has 0 radical (unpaired) electrons. The third-order valence-corrected chi connectivity index (χ3v) is 4.01. The van der Waals surface area contributed by atoms with E-state index in [4.69, 9.17) is 9.26 Å². The lowest BCUT2D eigenvalue weighted by atomic mass is 10.0. The number of ether oxygens (including phenoxy) is 1. The molecule has 0 saturated carbocycles. The first-order valence-electron chi connectivity index (χ1n) is 8.50. The van der Waals surface area contributed by atoms with Crippen molar-refractivity contribution >= 4 is 11.8 Å². The minimum absolute atomic E-state index is 0.0810. The maximum atomic E-state index is 11.9. The van der Waals surface area contributed by atoms with Crippen LogP contribution in [0.5, 0.6) is 5.75 Å². The van der Waals surface area contributed by atoms with Gasteiger partial charge in [0, 0.05) is 5.56 Å². The van der Waals surface area contributed by atoms with Gasteiger partial charge in [0.25, 0.3) is 5.91 Å². The van der Waals surface area contributed by atoms with E-state index < -0.39 is 5.91 Å². The molecule has 7 heteroatoms. The summed E-state index contributed by atoms with van der Waals surface area (Å²) in [7, 11) is 0. The van der Waals surface area contributed by atoms with Gasteiger partial charge in [0.2, 0.25) is 5.91 Å². The first-order valence-corrected chi connectivity index (χ1v) is 8.50. The zero-order chi connectivity index (χ0) is 19.3. The molecule has 1 heterocycles. The predicted molar refractivity (Wildman–Crippen MR) is 96.7 cm³/mol. The minimum atomic E-state index is -0.437. The smallest absolute Gasteiger partial charge is 0.276 e. The third-order valence-electron chi connectivity index (χ3n) is 4.01. The lowest BCUT2D eigenvalue weighted by Gasteiger charge is -2.15. The standard InChI is InChI=1S/C19H25N3O4/c1-11(2)15-7-6-12(3)8-17(15)25-10-19(24)21-20-18(23)9-16-13(4)22-26-14(16)5/h6-8,11H,9-10H2,1-5H3,(H,20,23)(H,21,24). The second-order valence-corrected chi connectivity index (χ2v) is 6.56. The molecule has 0 saturated heterocycles. The Morgan fingerprint density at radius 2 is 1.85 bits per heavy atom. The molecule has 0 aliphatic carbocycles. The molecule has 0 aliphatic heterocycles. The number of aryl methyl sites for hydroxylation is 3. The van der Waals surface area contributed by atoms with Gasteiger partial charge in [-0.15, -0.1) is 0 Å². The van der Waals surface area contributed by atoms with E-state index in [-0.39, 0.29) is 24.9 Å². The van der Waals surface area contributed by atoms with Crippen molar-refractivity contribution < 1.29 is 18.8 Å². The highest BCUT2D eigenvalue weighted by Crippen LogP contribution is 2.27. The van der Waals surface area contributed by atoms with E-state index in [9.17, 15) is 9.59 Å². The lowest BCUT2D eigenvalue weighted by Crippen LogP contribution is -2.44. The van der Waals surface area contributed by atoms with Gasteiger partial charge in [-0.25, -0.2) is 0 Å². The Balaban J connectivity index is 1.84. The molecule has 2 aromatic rings. The first-order chi connectivity index (χ1) is 12.3. The Bertz CT molecular complexity index is 777. The van der Waals surface area contributed by atoms with E-state index in [0.29, 0.717) is 22.8 Å². The van der Waals surface area contributed by atoms with Crippen LogP contribution < -0.4 is 15.6 Å². The van der Waals surface area contributed by atoms with Gasteiger partial charge in [-0.3, -0.25) is 20.4 Å². The largest absolute Gasteiger partial charge is 0.483 e. The summed E-state index contributed by atoms with van der Waals surface area (Å²) >= 11 is 0. The Morgan fingerprint density at radius 1 is 1.15 bits per heavy atom. The fourth-order valence-electron chi connectivity index (χ4n) is 2.52. The third kappa shape index (κ3) is 5.08. The number of hydrazine groups is 1. The normalized spacial score (nSPS) is 10.7. The van der Waals surface area contributed by atoms with Crippen LogP contribution in [0.4, 0.5) is 0 Å². The number of amides is 2. The molecule has 26 heavy (non-hydrogen) atoms. The van der Waals surface area contributed by atoms with Gasteiger partial charge in [-0.2, -0.15) is 0 Å². The van der Waals surface area contributed by atoms with Gasteiger partial charge < -0.3 is 9.26 Å². The van der Waals surface area contributed by atoms with Gasteiger partial charge >= 0.3 is 0 Å². The monoisotopic (exact) mass is 359 g/mol. The van der Waals surface area contributed by atoms with Crippen LogP contribution in [-0.4, -0.2) is 23.6 Å². The molecule has 1 aromatic heterocycles. The van der Waals surface area contributed by atoms with Crippen molar-refractivity contribution in [2.75, 3.05) is 6.61 Å².